The molecule has 1 aromatic heterocycles. The summed E-state index contributed by atoms with van der Waals surface area (Å²) in [6.45, 7) is 4.02. The van der Waals surface area contributed by atoms with E-state index in [-0.39, 0.29) is 11.7 Å². The molecule has 0 atom stereocenters. The number of aromatic nitrogens is 2. The van der Waals surface area contributed by atoms with Crippen molar-refractivity contribution in [3.05, 3.63) is 47.8 Å². The first-order valence-electron chi connectivity index (χ1n) is 5.88. The number of H-pyrrole nitrogens is 1. The first kappa shape index (κ1) is 13.5. The summed E-state index contributed by atoms with van der Waals surface area (Å²) in [5.74, 6) is -3.81. The SMILES string of the molecule is CC(C)N(Cc1cnc[nH]1)c1ccc(F)c(F)c1F. The monoisotopic (exact) mass is 269 g/mol. The molecule has 0 amide bonds. The van der Waals surface area contributed by atoms with E-state index < -0.39 is 17.5 Å². The van der Waals surface area contributed by atoms with Gasteiger partial charge < -0.3 is 9.88 Å². The van der Waals surface area contributed by atoms with Crippen molar-refractivity contribution in [2.75, 3.05) is 4.90 Å². The lowest BCUT2D eigenvalue weighted by atomic mass is 10.2. The molecule has 0 aliphatic rings. The molecule has 0 radical (unpaired) electrons. The number of anilines is 1. The van der Waals surface area contributed by atoms with E-state index in [1.807, 2.05) is 13.8 Å². The van der Waals surface area contributed by atoms with Gasteiger partial charge in [-0.15, -0.1) is 0 Å². The van der Waals surface area contributed by atoms with Crippen molar-refractivity contribution in [3.8, 4) is 0 Å². The quantitative estimate of drug-likeness (QED) is 0.864. The van der Waals surface area contributed by atoms with Gasteiger partial charge in [0.2, 0.25) is 0 Å². The Balaban J connectivity index is 2.37. The summed E-state index contributed by atoms with van der Waals surface area (Å²) < 4.78 is 40.1. The summed E-state index contributed by atoms with van der Waals surface area (Å²) in [5.41, 5.74) is 0.793. The van der Waals surface area contributed by atoms with Crippen LogP contribution in [-0.4, -0.2) is 16.0 Å². The highest BCUT2D eigenvalue weighted by Crippen LogP contribution is 2.26. The fourth-order valence-electron chi connectivity index (χ4n) is 1.84. The van der Waals surface area contributed by atoms with Gasteiger partial charge in [0.15, 0.2) is 17.5 Å². The second-order valence-electron chi connectivity index (χ2n) is 4.49. The summed E-state index contributed by atoms with van der Waals surface area (Å²) in [5, 5.41) is 0. The number of nitrogens with zero attached hydrogens (tertiary/aromatic N) is 2. The lowest BCUT2D eigenvalue weighted by Crippen LogP contribution is -2.31. The molecule has 0 aliphatic heterocycles. The van der Waals surface area contributed by atoms with Gasteiger partial charge in [-0.25, -0.2) is 18.2 Å². The van der Waals surface area contributed by atoms with Crippen molar-refractivity contribution in [1.29, 1.82) is 0 Å². The summed E-state index contributed by atoms with van der Waals surface area (Å²) in [6, 6.07) is 2.09. The fourth-order valence-corrected chi connectivity index (χ4v) is 1.84. The van der Waals surface area contributed by atoms with Gasteiger partial charge in [-0.1, -0.05) is 0 Å². The Morgan fingerprint density at radius 1 is 1.21 bits per heavy atom. The Morgan fingerprint density at radius 2 is 1.95 bits per heavy atom. The molecule has 3 nitrogen and oxygen atoms in total. The van der Waals surface area contributed by atoms with Crippen molar-refractivity contribution < 1.29 is 13.2 Å². The lowest BCUT2D eigenvalue weighted by Gasteiger charge is -2.28. The second kappa shape index (κ2) is 5.34. The molecule has 0 bridgehead atoms. The molecule has 0 saturated carbocycles. The van der Waals surface area contributed by atoms with Gasteiger partial charge in [0.25, 0.3) is 0 Å². The first-order chi connectivity index (χ1) is 9.00. The zero-order chi connectivity index (χ0) is 14.0. The standard InChI is InChI=1S/C13H14F3N3/c1-8(2)19(6-9-5-17-7-18-9)11-4-3-10(14)12(15)13(11)16/h3-5,7-8H,6H2,1-2H3,(H,17,18). The van der Waals surface area contributed by atoms with Crippen LogP contribution in [0.25, 0.3) is 0 Å². The third-order valence-electron chi connectivity index (χ3n) is 2.84. The topological polar surface area (TPSA) is 31.9 Å². The van der Waals surface area contributed by atoms with E-state index in [1.54, 1.807) is 11.1 Å². The molecule has 0 fully saturated rings. The van der Waals surface area contributed by atoms with Crippen LogP contribution in [0.5, 0.6) is 0 Å². The minimum atomic E-state index is -1.45. The number of nitrogens with one attached hydrogen (secondary N) is 1. The fraction of sp³-hybridized carbons (Fsp3) is 0.308. The van der Waals surface area contributed by atoms with Crippen LogP contribution in [0.2, 0.25) is 0 Å². The van der Waals surface area contributed by atoms with Crippen LogP contribution in [0.4, 0.5) is 18.9 Å². The smallest absolute Gasteiger partial charge is 0.196 e. The number of aromatic amines is 1. The highest BCUT2D eigenvalue weighted by atomic mass is 19.2. The average molecular weight is 269 g/mol. The van der Waals surface area contributed by atoms with Crippen molar-refractivity contribution in [1.82, 2.24) is 9.97 Å². The van der Waals surface area contributed by atoms with E-state index in [2.05, 4.69) is 9.97 Å². The highest BCUT2D eigenvalue weighted by molar-refractivity contribution is 5.49. The maximum atomic E-state index is 13.8. The zero-order valence-corrected chi connectivity index (χ0v) is 10.6. The summed E-state index contributed by atoms with van der Waals surface area (Å²) in [7, 11) is 0. The molecule has 102 valence electrons. The molecular formula is C13H14F3N3. The normalized spacial score (nSPS) is 11.1. The molecular weight excluding hydrogens is 255 g/mol. The lowest BCUT2D eigenvalue weighted by molar-refractivity contribution is 0.444. The predicted molar refractivity (Wildman–Crippen MR) is 66.2 cm³/mol. The second-order valence-corrected chi connectivity index (χ2v) is 4.49. The molecule has 19 heavy (non-hydrogen) atoms. The van der Waals surface area contributed by atoms with E-state index in [4.69, 9.17) is 0 Å². The molecule has 1 heterocycles. The van der Waals surface area contributed by atoms with Gasteiger partial charge in [-0.3, -0.25) is 0 Å². The van der Waals surface area contributed by atoms with Crippen LogP contribution in [0.1, 0.15) is 19.5 Å². The predicted octanol–water partition coefficient (Wildman–Crippen LogP) is 3.24. The summed E-state index contributed by atoms with van der Waals surface area (Å²) in [4.78, 5) is 8.40. The minimum absolute atomic E-state index is 0.0310. The van der Waals surface area contributed by atoms with E-state index in [1.165, 1.54) is 12.4 Å². The van der Waals surface area contributed by atoms with Crippen LogP contribution >= 0.6 is 0 Å². The molecule has 0 aliphatic carbocycles. The number of benzene rings is 1. The minimum Gasteiger partial charge on any atom is -0.361 e. The Bertz CT molecular complexity index is 553. The van der Waals surface area contributed by atoms with Crippen LogP contribution in [0.15, 0.2) is 24.7 Å². The van der Waals surface area contributed by atoms with E-state index in [9.17, 15) is 13.2 Å². The summed E-state index contributed by atoms with van der Waals surface area (Å²) >= 11 is 0. The van der Waals surface area contributed by atoms with Gasteiger partial charge in [-0.05, 0) is 26.0 Å². The Morgan fingerprint density at radius 3 is 2.53 bits per heavy atom. The zero-order valence-electron chi connectivity index (χ0n) is 10.6. The molecule has 0 saturated heterocycles. The van der Waals surface area contributed by atoms with Crippen molar-refractivity contribution in [2.45, 2.75) is 26.4 Å². The van der Waals surface area contributed by atoms with Crippen LogP contribution in [0.3, 0.4) is 0 Å². The first-order valence-corrected chi connectivity index (χ1v) is 5.88. The van der Waals surface area contributed by atoms with E-state index >= 15 is 0 Å². The number of imidazole rings is 1. The van der Waals surface area contributed by atoms with Crippen LogP contribution in [-0.2, 0) is 6.54 Å². The molecule has 2 aromatic rings. The number of hydrogen-bond acceptors (Lipinski definition) is 2. The summed E-state index contributed by atoms with van der Waals surface area (Å²) in [6.07, 6.45) is 3.11. The maximum absolute atomic E-state index is 13.8. The third-order valence-corrected chi connectivity index (χ3v) is 2.84. The molecule has 0 unspecified atom stereocenters. The van der Waals surface area contributed by atoms with Gasteiger partial charge in [0.05, 0.1) is 24.3 Å². The number of hydrogen-bond donors (Lipinski definition) is 1. The molecule has 1 N–H and O–H groups in total. The molecule has 1 aromatic carbocycles. The van der Waals surface area contributed by atoms with E-state index in [0.717, 1.165) is 11.8 Å². The number of rotatable bonds is 4. The van der Waals surface area contributed by atoms with Gasteiger partial charge in [0.1, 0.15) is 0 Å². The maximum Gasteiger partial charge on any atom is 0.196 e. The molecule has 2 rings (SSSR count). The average Bonchev–Trinajstić information content (AvgIpc) is 2.87. The molecule has 6 heteroatoms. The van der Waals surface area contributed by atoms with Crippen LogP contribution < -0.4 is 4.90 Å². The van der Waals surface area contributed by atoms with E-state index in [0.29, 0.717) is 6.54 Å². The van der Waals surface area contributed by atoms with Crippen molar-refractivity contribution >= 4 is 5.69 Å². The van der Waals surface area contributed by atoms with Crippen LogP contribution in [0, 0.1) is 17.5 Å². The third kappa shape index (κ3) is 2.72. The van der Waals surface area contributed by atoms with Gasteiger partial charge in [-0.2, -0.15) is 0 Å². The van der Waals surface area contributed by atoms with Crippen molar-refractivity contribution in [2.24, 2.45) is 0 Å². The Kier molecular flexibility index (Phi) is 3.78. The highest BCUT2D eigenvalue weighted by Gasteiger charge is 2.20. The van der Waals surface area contributed by atoms with Crippen molar-refractivity contribution in [3.63, 3.8) is 0 Å². The Hall–Kier alpha value is -1.98. The number of halogens is 3. The molecule has 0 spiro atoms. The van der Waals surface area contributed by atoms with Gasteiger partial charge in [0, 0.05) is 12.2 Å². The Labute approximate surface area is 109 Å². The van der Waals surface area contributed by atoms with Gasteiger partial charge >= 0.3 is 0 Å². The largest absolute Gasteiger partial charge is 0.361 e.